The van der Waals surface area contributed by atoms with Crippen molar-refractivity contribution in [3.05, 3.63) is 130 Å². The topological polar surface area (TPSA) is 75.6 Å². The molecule has 1 aromatic heterocycles. The first-order valence-electron chi connectivity index (χ1n) is 12.2. The van der Waals surface area contributed by atoms with Crippen LogP contribution in [0.5, 0.6) is 5.75 Å². The highest BCUT2D eigenvalue weighted by Crippen LogP contribution is 2.28. The van der Waals surface area contributed by atoms with Crippen LogP contribution in [0.3, 0.4) is 0 Å². The predicted octanol–water partition coefficient (Wildman–Crippen LogP) is 7.86. The Morgan fingerprint density at radius 1 is 1.00 bits per heavy atom. The fourth-order valence-electron chi connectivity index (χ4n) is 3.70. The predicted molar refractivity (Wildman–Crippen MR) is 159 cm³/mol. The Morgan fingerprint density at radius 3 is 2.51 bits per heavy atom. The number of benzene rings is 4. The molecule has 0 saturated heterocycles. The Hall–Kier alpha value is -4.46. The minimum absolute atomic E-state index is 0.313. The van der Waals surface area contributed by atoms with Gasteiger partial charge in [-0.2, -0.15) is 5.10 Å². The van der Waals surface area contributed by atoms with Crippen molar-refractivity contribution in [2.45, 2.75) is 13.5 Å². The second-order valence-electron chi connectivity index (χ2n) is 8.77. The van der Waals surface area contributed by atoms with E-state index in [0.717, 1.165) is 33.2 Å². The average molecular weight is 553 g/mol. The first-order chi connectivity index (χ1) is 19.0. The monoisotopic (exact) mass is 552 g/mol. The third-order valence-corrected chi connectivity index (χ3v) is 6.88. The maximum atomic E-state index is 12.6. The number of nitrogens with one attached hydrogen (secondary N) is 2. The molecule has 0 aliphatic carbocycles. The number of carbonyl (C=O) groups is 1. The molecule has 1 heterocycles. The number of anilines is 2. The first-order valence-corrected chi connectivity index (χ1v) is 13.5. The molecular weight excluding hydrogens is 528 g/mol. The fourth-order valence-corrected chi connectivity index (χ4v) is 4.68. The van der Waals surface area contributed by atoms with Crippen molar-refractivity contribution in [3.63, 3.8) is 0 Å². The summed E-state index contributed by atoms with van der Waals surface area (Å²) in [6, 6.07) is 30.6. The molecule has 4 aromatic carbocycles. The standard InChI is InChI=1S/C31H25ClN4O2S/c1-21-7-14-26(15-8-21)34-31-35-28(20-39-31)24-10-12-25(13-11-24)30(37)36-33-18-23-9-16-29(27(32)17-23)38-19-22-5-3-2-4-6-22/h2-18,20H,19H2,1H3,(H,34,35)(H,36,37)/b33-18-. The molecule has 0 unspecified atom stereocenters. The SMILES string of the molecule is Cc1ccc(Nc2nc(-c3ccc(C(=O)N/N=C\c4ccc(OCc5ccccc5)c(Cl)c4)cc3)cs2)cc1. The zero-order valence-electron chi connectivity index (χ0n) is 21.1. The van der Waals surface area contributed by atoms with Crippen LogP contribution in [0.4, 0.5) is 10.8 Å². The number of aromatic nitrogens is 1. The van der Waals surface area contributed by atoms with Crippen molar-refractivity contribution in [3.8, 4) is 17.0 Å². The van der Waals surface area contributed by atoms with Crippen molar-refractivity contribution in [2.24, 2.45) is 5.10 Å². The number of hydrazone groups is 1. The number of aryl methyl sites for hydroxylation is 1. The first kappa shape index (κ1) is 26.2. The summed E-state index contributed by atoms with van der Waals surface area (Å²) in [5.41, 5.74) is 8.80. The van der Waals surface area contributed by atoms with Crippen LogP contribution >= 0.6 is 22.9 Å². The van der Waals surface area contributed by atoms with E-state index in [-0.39, 0.29) is 5.91 Å². The van der Waals surface area contributed by atoms with E-state index >= 15 is 0 Å². The summed E-state index contributed by atoms with van der Waals surface area (Å²) in [6.45, 7) is 2.48. The Morgan fingerprint density at radius 2 is 1.77 bits per heavy atom. The zero-order chi connectivity index (χ0) is 27.0. The van der Waals surface area contributed by atoms with Gasteiger partial charge in [-0.1, -0.05) is 71.8 Å². The zero-order valence-corrected chi connectivity index (χ0v) is 22.7. The van der Waals surface area contributed by atoms with Gasteiger partial charge in [-0.05, 0) is 60.5 Å². The summed E-state index contributed by atoms with van der Waals surface area (Å²) >= 11 is 7.89. The summed E-state index contributed by atoms with van der Waals surface area (Å²) in [5, 5.41) is 10.6. The van der Waals surface area contributed by atoms with Gasteiger partial charge in [-0.3, -0.25) is 4.79 Å². The van der Waals surface area contributed by atoms with E-state index in [1.54, 1.807) is 24.3 Å². The van der Waals surface area contributed by atoms with Crippen LogP contribution in [-0.4, -0.2) is 17.1 Å². The van der Waals surface area contributed by atoms with E-state index in [1.807, 2.05) is 66.0 Å². The molecule has 0 atom stereocenters. The molecule has 6 nitrogen and oxygen atoms in total. The molecule has 0 saturated carbocycles. The molecular formula is C31H25ClN4O2S. The third-order valence-electron chi connectivity index (χ3n) is 5.82. The summed E-state index contributed by atoms with van der Waals surface area (Å²) in [5.74, 6) is 0.270. The third kappa shape index (κ3) is 7.10. The van der Waals surface area contributed by atoms with Crippen molar-refractivity contribution in [1.29, 1.82) is 0 Å². The second-order valence-corrected chi connectivity index (χ2v) is 10.0. The normalized spacial score (nSPS) is 10.9. The molecule has 194 valence electrons. The Bertz CT molecular complexity index is 1580. The lowest BCUT2D eigenvalue weighted by molar-refractivity contribution is 0.0955. The van der Waals surface area contributed by atoms with Gasteiger partial charge < -0.3 is 10.1 Å². The number of ether oxygens (including phenoxy) is 1. The number of nitrogens with zero attached hydrogens (tertiary/aromatic N) is 2. The maximum Gasteiger partial charge on any atom is 0.271 e. The number of rotatable bonds is 9. The number of carbonyl (C=O) groups excluding carboxylic acids is 1. The van der Waals surface area contributed by atoms with Crippen LogP contribution in [0.15, 0.2) is 108 Å². The van der Waals surface area contributed by atoms with E-state index in [1.165, 1.54) is 23.1 Å². The lowest BCUT2D eigenvalue weighted by Gasteiger charge is -2.08. The van der Waals surface area contributed by atoms with Crippen LogP contribution < -0.4 is 15.5 Å². The van der Waals surface area contributed by atoms with E-state index < -0.39 is 0 Å². The Kier molecular flexibility index (Phi) is 8.31. The number of halogens is 1. The molecule has 0 aliphatic rings. The molecule has 5 rings (SSSR count). The highest BCUT2D eigenvalue weighted by molar-refractivity contribution is 7.14. The number of amides is 1. The van der Waals surface area contributed by atoms with E-state index in [2.05, 4.69) is 39.9 Å². The summed E-state index contributed by atoms with van der Waals surface area (Å²) in [6.07, 6.45) is 1.54. The molecule has 8 heteroatoms. The average Bonchev–Trinajstić information content (AvgIpc) is 3.43. The number of hydrogen-bond donors (Lipinski definition) is 2. The van der Waals surface area contributed by atoms with E-state index in [9.17, 15) is 4.79 Å². The quantitative estimate of drug-likeness (QED) is 0.144. The van der Waals surface area contributed by atoms with Gasteiger partial charge in [0.15, 0.2) is 5.13 Å². The van der Waals surface area contributed by atoms with Crippen LogP contribution in [0.25, 0.3) is 11.3 Å². The van der Waals surface area contributed by atoms with Crippen LogP contribution in [0.2, 0.25) is 5.02 Å². The number of hydrogen-bond acceptors (Lipinski definition) is 6. The fraction of sp³-hybridized carbons (Fsp3) is 0.0645. The van der Waals surface area contributed by atoms with Crippen LogP contribution in [0.1, 0.15) is 27.0 Å². The molecule has 1 amide bonds. The Balaban J connectivity index is 1.14. The highest BCUT2D eigenvalue weighted by Gasteiger charge is 2.09. The number of thiazole rings is 1. The maximum absolute atomic E-state index is 12.6. The minimum atomic E-state index is -0.313. The van der Waals surface area contributed by atoms with Gasteiger partial charge in [-0.25, -0.2) is 10.4 Å². The molecule has 39 heavy (non-hydrogen) atoms. The second kappa shape index (κ2) is 12.4. The van der Waals surface area contributed by atoms with Crippen molar-refractivity contribution in [1.82, 2.24) is 10.4 Å². The smallest absolute Gasteiger partial charge is 0.271 e. The van der Waals surface area contributed by atoms with E-state index in [4.69, 9.17) is 16.3 Å². The molecule has 5 aromatic rings. The van der Waals surface area contributed by atoms with E-state index in [0.29, 0.717) is 22.9 Å². The van der Waals surface area contributed by atoms with Crippen molar-refractivity contribution in [2.75, 3.05) is 5.32 Å². The van der Waals surface area contributed by atoms with Gasteiger partial charge in [0.1, 0.15) is 12.4 Å². The molecule has 0 aliphatic heterocycles. The molecule has 0 spiro atoms. The summed E-state index contributed by atoms with van der Waals surface area (Å²) in [4.78, 5) is 17.2. The van der Waals surface area contributed by atoms with Gasteiger partial charge in [0.25, 0.3) is 5.91 Å². The molecule has 0 radical (unpaired) electrons. The van der Waals surface area contributed by atoms with Gasteiger partial charge >= 0.3 is 0 Å². The molecule has 0 fully saturated rings. The molecule has 0 bridgehead atoms. The van der Waals surface area contributed by atoms with Gasteiger partial charge in [0, 0.05) is 22.2 Å². The summed E-state index contributed by atoms with van der Waals surface area (Å²) in [7, 11) is 0. The van der Waals surface area contributed by atoms with Gasteiger partial charge in [0.2, 0.25) is 0 Å². The lowest BCUT2D eigenvalue weighted by atomic mass is 10.1. The molecule has 2 N–H and O–H groups in total. The lowest BCUT2D eigenvalue weighted by Crippen LogP contribution is -2.17. The van der Waals surface area contributed by atoms with Gasteiger partial charge in [0.05, 0.1) is 16.9 Å². The van der Waals surface area contributed by atoms with Crippen LogP contribution in [0, 0.1) is 6.92 Å². The largest absolute Gasteiger partial charge is 0.487 e. The minimum Gasteiger partial charge on any atom is -0.487 e. The Labute approximate surface area is 236 Å². The summed E-state index contributed by atoms with van der Waals surface area (Å²) < 4.78 is 5.80. The van der Waals surface area contributed by atoms with Crippen LogP contribution in [-0.2, 0) is 6.61 Å². The highest BCUT2D eigenvalue weighted by atomic mass is 35.5. The van der Waals surface area contributed by atoms with Crippen molar-refractivity contribution >= 4 is 45.9 Å². The van der Waals surface area contributed by atoms with Gasteiger partial charge in [-0.15, -0.1) is 11.3 Å². The van der Waals surface area contributed by atoms with Crippen molar-refractivity contribution < 1.29 is 9.53 Å².